The van der Waals surface area contributed by atoms with Gasteiger partial charge in [-0.25, -0.2) is 15.0 Å². The maximum Gasteiger partial charge on any atom is 0.228 e. The van der Waals surface area contributed by atoms with E-state index >= 15 is 0 Å². The number of benzene rings is 1. The molecule has 1 saturated carbocycles. The van der Waals surface area contributed by atoms with Gasteiger partial charge in [-0.1, -0.05) is 24.6 Å². The van der Waals surface area contributed by atoms with Crippen LogP contribution in [0.25, 0.3) is 11.1 Å². The largest absolute Gasteiger partial charge is 0.480 e. The molecule has 7 heteroatoms. The van der Waals surface area contributed by atoms with Gasteiger partial charge in [0.2, 0.25) is 5.95 Å². The van der Waals surface area contributed by atoms with Crippen LogP contribution in [0.3, 0.4) is 0 Å². The third-order valence-corrected chi connectivity index (χ3v) is 6.83. The summed E-state index contributed by atoms with van der Waals surface area (Å²) in [5, 5.41) is 6.69. The van der Waals surface area contributed by atoms with Gasteiger partial charge in [0.15, 0.2) is 5.60 Å². The zero-order chi connectivity index (χ0) is 21.4. The lowest BCUT2D eigenvalue weighted by molar-refractivity contribution is 0.0198. The molecule has 7 nitrogen and oxygen atoms in total. The fourth-order valence-corrected chi connectivity index (χ4v) is 5.17. The van der Waals surface area contributed by atoms with Crippen LogP contribution in [-0.2, 0) is 5.60 Å². The Kier molecular flexibility index (Phi) is 4.91. The van der Waals surface area contributed by atoms with Crippen molar-refractivity contribution in [2.75, 3.05) is 36.4 Å². The van der Waals surface area contributed by atoms with Crippen LogP contribution in [0.1, 0.15) is 37.8 Å². The van der Waals surface area contributed by atoms with E-state index in [2.05, 4.69) is 43.7 Å². The lowest BCUT2D eigenvalue weighted by Crippen LogP contribution is -2.43. The third-order valence-electron chi connectivity index (χ3n) is 6.83. The van der Waals surface area contributed by atoms with Crippen LogP contribution in [0.2, 0.25) is 0 Å². The lowest BCUT2D eigenvalue weighted by Gasteiger charge is -2.41. The quantitative estimate of drug-likeness (QED) is 0.646. The first-order valence-electron chi connectivity index (χ1n) is 11.7. The molecular weight excluding hydrogens is 400 g/mol. The molecule has 2 fully saturated rings. The van der Waals surface area contributed by atoms with E-state index in [9.17, 15) is 0 Å². The molecule has 1 spiro atoms. The van der Waals surface area contributed by atoms with Crippen molar-refractivity contribution >= 4 is 17.5 Å². The number of anilines is 3. The van der Waals surface area contributed by atoms with E-state index < -0.39 is 0 Å². The van der Waals surface area contributed by atoms with Crippen molar-refractivity contribution in [3.8, 4) is 16.9 Å². The monoisotopic (exact) mass is 428 g/mol. The highest BCUT2D eigenvalue weighted by Gasteiger charge is 2.43. The topological polar surface area (TPSA) is 75.2 Å². The van der Waals surface area contributed by atoms with Crippen molar-refractivity contribution < 1.29 is 4.74 Å². The average Bonchev–Trinajstić information content (AvgIpc) is 2.86. The second-order valence-corrected chi connectivity index (χ2v) is 8.87. The number of para-hydroxylation sites is 1. The van der Waals surface area contributed by atoms with E-state index in [1.54, 1.807) is 0 Å². The predicted molar refractivity (Wildman–Crippen MR) is 125 cm³/mol. The minimum Gasteiger partial charge on any atom is -0.480 e. The van der Waals surface area contributed by atoms with E-state index in [1.165, 1.54) is 6.42 Å². The van der Waals surface area contributed by atoms with Gasteiger partial charge < -0.3 is 20.3 Å². The average molecular weight is 429 g/mol. The number of hydrogen-bond donors (Lipinski definition) is 2. The summed E-state index contributed by atoms with van der Waals surface area (Å²) in [6.45, 7) is 4.03. The highest BCUT2D eigenvalue weighted by molar-refractivity contribution is 5.75. The van der Waals surface area contributed by atoms with Gasteiger partial charge in [0, 0.05) is 43.5 Å². The van der Waals surface area contributed by atoms with Crippen molar-refractivity contribution in [3.05, 3.63) is 54.5 Å². The molecule has 0 bridgehead atoms. The van der Waals surface area contributed by atoms with Gasteiger partial charge in [-0.05, 0) is 43.9 Å². The summed E-state index contributed by atoms with van der Waals surface area (Å²) in [6, 6.07) is 12.3. The van der Waals surface area contributed by atoms with Gasteiger partial charge in [-0.2, -0.15) is 0 Å². The third kappa shape index (κ3) is 3.46. The number of pyridine rings is 1. The van der Waals surface area contributed by atoms with E-state index in [1.807, 2.05) is 30.6 Å². The Morgan fingerprint density at radius 2 is 1.75 bits per heavy atom. The molecule has 0 atom stereocenters. The maximum atomic E-state index is 6.63. The number of ether oxygens (including phenoxy) is 1. The van der Waals surface area contributed by atoms with Crippen LogP contribution < -0.4 is 20.3 Å². The Hall–Kier alpha value is -3.19. The number of nitrogens with one attached hydrogen (secondary N) is 2. The Labute approximate surface area is 188 Å². The van der Waals surface area contributed by atoms with E-state index in [4.69, 9.17) is 9.72 Å². The first-order valence-corrected chi connectivity index (χ1v) is 11.7. The summed E-state index contributed by atoms with van der Waals surface area (Å²) in [4.78, 5) is 16.6. The van der Waals surface area contributed by atoms with Crippen molar-refractivity contribution in [1.82, 2.24) is 20.3 Å². The molecule has 0 amide bonds. The van der Waals surface area contributed by atoms with Gasteiger partial charge in [-0.3, -0.25) is 0 Å². The SMILES string of the molecule is c1ccc2c(c1)OC1(CCCCC1)c1nc(Nc3ccc(N4CCNCC4)cn3)ncc1-2. The Bertz CT molecular complexity index is 1100. The number of piperazine rings is 1. The van der Waals surface area contributed by atoms with Gasteiger partial charge in [0.05, 0.1) is 17.6 Å². The summed E-state index contributed by atoms with van der Waals surface area (Å²) in [5.41, 5.74) is 3.95. The van der Waals surface area contributed by atoms with Crippen LogP contribution >= 0.6 is 0 Å². The number of hydrogen-bond acceptors (Lipinski definition) is 7. The van der Waals surface area contributed by atoms with E-state index in [0.29, 0.717) is 5.95 Å². The van der Waals surface area contributed by atoms with E-state index in [-0.39, 0.29) is 5.60 Å². The second-order valence-electron chi connectivity index (χ2n) is 8.87. The number of aromatic nitrogens is 3. The molecular formula is C25H28N6O. The predicted octanol–water partition coefficient (Wildman–Crippen LogP) is 4.24. The van der Waals surface area contributed by atoms with Crippen LogP contribution in [0.15, 0.2) is 48.8 Å². The number of rotatable bonds is 3. The molecule has 2 aliphatic heterocycles. The van der Waals surface area contributed by atoms with Crippen LogP contribution in [0.5, 0.6) is 5.75 Å². The molecule has 1 aliphatic carbocycles. The molecule has 6 rings (SSSR count). The number of fused-ring (bicyclic) bond motifs is 4. The fraction of sp³-hybridized carbons (Fsp3) is 0.400. The van der Waals surface area contributed by atoms with E-state index in [0.717, 1.165) is 85.9 Å². The maximum absolute atomic E-state index is 6.63. The standard InChI is InChI=1S/C25H28N6O/c1-4-10-25(11-5-1)23-20(19-6-2-3-7-21(19)32-25)17-28-24(30-23)29-22-9-8-18(16-27-22)31-14-12-26-13-15-31/h2-3,6-9,16-17,26H,1,4-5,10-15H2,(H,27,28,29,30). The molecule has 164 valence electrons. The van der Waals surface area contributed by atoms with Gasteiger partial charge in [0.25, 0.3) is 0 Å². The first kappa shape index (κ1) is 19.5. The molecule has 0 radical (unpaired) electrons. The molecule has 1 saturated heterocycles. The van der Waals surface area contributed by atoms with Crippen molar-refractivity contribution in [3.63, 3.8) is 0 Å². The van der Waals surface area contributed by atoms with Gasteiger partial charge in [-0.15, -0.1) is 0 Å². The molecule has 3 aromatic rings. The van der Waals surface area contributed by atoms with Crippen LogP contribution in [0.4, 0.5) is 17.5 Å². The van der Waals surface area contributed by atoms with Gasteiger partial charge in [0.1, 0.15) is 11.6 Å². The molecule has 2 aromatic heterocycles. The fourth-order valence-electron chi connectivity index (χ4n) is 5.17. The Balaban J connectivity index is 1.31. The zero-order valence-electron chi connectivity index (χ0n) is 18.2. The first-order chi connectivity index (χ1) is 15.8. The number of nitrogens with zero attached hydrogens (tertiary/aromatic N) is 4. The molecule has 4 heterocycles. The van der Waals surface area contributed by atoms with Crippen molar-refractivity contribution in [1.29, 1.82) is 0 Å². The lowest BCUT2D eigenvalue weighted by atomic mass is 9.78. The smallest absolute Gasteiger partial charge is 0.228 e. The molecule has 3 aliphatic rings. The summed E-state index contributed by atoms with van der Waals surface area (Å²) in [7, 11) is 0. The molecule has 32 heavy (non-hydrogen) atoms. The zero-order valence-corrected chi connectivity index (χ0v) is 18.2. The highest BCUT2D eigenvalue weighted by atomic mass is 16.5. The van der Waals surface area contributed by atoms with Crippen molar-refractivity contribution in [2.45, 2.75) is 37.7 Å². The van der Waals surface area contributed by atoms with Crippen molar-refractivity contribution in [2.24, 2.45) is 0 Å². The Morgan fingerprint density at radius 1 is 0.906 bits per heavy atom. The minimum absolute atomic E-state index is 0.360. The second kappa shape index (κ2) is 8.06. The molecule has 1 aromatic carbocycles. The van der Waals surface area contributed by atoms with Gasteiger partial charge >= 0.3 is 0 Å². The summed E-state index contributed by atoms with van der Waals surface area (Å²) < 4.78 is 6.63. The molecule has 0 unspecified atom stereocenters. The Morgan fingerprint density at radius 3 is 2.56 bits per heavy atom. The normalized spacial score (nSPS) is 19.1. The van der Waals surface area contributed by atoms with Crippen LogP contribution in [0, 0.1) is 0 Å². The summed E-state index contributed by atoms with van der Waals surface area (Å²) >= 11 is 0. The highest BCUT2D eigenvalue weighted by Crippen LogP contribution is 2.50. The summed E-state index contributed by atoms with van der Waals surface area (Å²) in [6.07, 6.45) is 9.41. The minimum atomic E-state index is -0.360. The molecule has 2 N–H and O–H groups in total. The summed E-state index contributed by atoms with van der Waals surface area (Å²) in [5.74, 6) is 2.26. The van der Waals surface area contributed by atoms with Crippen LogP contribution in [-0.4, -0.2) is 41.1 Å².